The van der Waals surface area contributed by atoms with Gasteiger partial charge < -0.3 is 10.6 Å². The van der Waals surface area contributed by atoms with Crippen molar-refractivity contribution in [1.82, 2.24) is 10.3 Å². The smallest absolute Gasteiger partial charge is 0.252 e. The number of hydrogen-bond acceptors (Lipinski definition) is 3. The van der Waals surface area contributed by atoms with Gasteiger partial charge in [0.05, 0.1) is 5.56 Å². The van der Waals surface area contributed by atoms with Crippen LogP contribution in [0.1, 0.15) is 15.9 Å². The van der Waals surface area contributed by atoms with Gasteiger partial charge in [-0.2, -0.15) is 0 Å². The van der Waals surface area contributed by atoms with E-state index in [0.29, 0.717) is 28.6 Å². The first kappa shape index (κ1) is 17.9. The first-order valence-electron chi connectivity index (χ1n) is 8.11. The normalized spacial score (nSPS) is 10.4. The molecule has 0 aliphatic carbocycles. The highest BCUT2D eigenvalue weighted by Gasteiger charge is 2.06. The van der Waals surface area contributed by atoms with Crippen LogP contribution in [0.5, 0.6) is 0 Å². The number of anilines is 2. The molecule has 2 N–H and O–H groups in total. The molecule has 0 unspecified atom stereocenters. The number of amides is 1. The number of hydrogen-bond donors (Lipinski definition) is 2. The largest absolute Gasteiger partial charge is 0.352 e. The molecule has 0 aliphatic heterocycles. The summed E-state index contributed by atoms with van der Waals surface area (Å²) in [6, 6.07) is 17.0. The van der Waals surface area contributed by atoms with Crippen molar-refractivity contribution in [2.75, 3.05) is 11.9 Å². The van der Waals surface area contributed by atoms with Crippen LogP contribution in [-0.2, 0) is 6.42 Å². The zero-order valence-corrected chi connectivity index (χ0v) is 14.6. The van der Waals surface area contributed by atoms with E-state index in [4.69, 9.17) is 11.6 Å². The van der Waals surface area contributed by atoms with E-state index in [1.807, 2.05) is 24.3 Å². The minimum Gasteiger partial charge on any atom is -0.352 e. The summed E-state index contributed by atoms with van der Waals surface area (Å²) < 4.78 is 13.2. The highest BCUT2D eigenvalue weighted by atomic mass is 35.5. The van der Waals surface area contributed by atoms with Crippen LogP contribution in [0.4, 0.5) is 15.9 Å². The lowest BCUT2D eigenvalue weighted by molar-refractivity contribution is 0.0954. The fourth-order valence-electron chi connectivity index (χ4n) is 2.39. The summed E-state index contributed by atoms with van der Waals surface area (Å²) in [6.07, 6.45) is 2.20. The molecule has 0 atom stereocenters. The molecular formula is C20H17ClFN3O. The Bertz CT molecular complexity index is 882. The fourth-order valence-corrected chi connectivity index (χ4v) is 2.52. The number of aromatic nitrogens is 1. The van der Waals surface area contributed by atoms with Crippen molar-refractivity contribution in [1.29, 1.82) is 0 Å². The van der Waals surface area contributed by atoms with E-state index in [2.05, 4.69) is 15.6 Å². The monoisotopic (exact) mass is 369 g/mol. The van der Waals surface area contributed by atoms with Gasteiger partial charge >= 0.3 is 0 Å². The van der Waals surface area contributed by atoms with Gasteiger partial charge in [-0.1, -0.05) is 29.8 Å². The van der Waals surface area contributed by atoms with E-state index < -0.39 is 0 Å². The fraction of sp³-hybridized carbons (Fsp3) is 0.100. The van der Waals surface area contributed by atoms with Crippen LogP contribution in [-0.4, -0.2) is 17.4 Å². The van der Waals surface area contributed by atoms with Gasteiger partial charge in [0, 0.05) is 23.5 Å². The summed E-state index contributed by atoms with van der Waals surface area (Å²) >= 11 is 5.85. The molecule has 26 heavy (non-hydrogen) atoms. The summed E-state index contributed by atoms with van der Waals surface area (Å²) in [5.41, 5.74) is 2.16. The van der Waals surface area contributed by atoms with Crippen LogP contribution >= 0.6 is 11.6 Å². The van der Waals surface area contributed by atoms with Gasteiger partial charge in [0.25, 0.3) is 5.91 Å². The van der Waals surface area contributed by atoms with E-state index in [9.17, 15) is 9.18 Å². The minimum atomic E-state index is -0.327. The molecule has 1 heterocycles. The highest BCUT2D eigenvalue weighted by Crippen LogP contribution is 2.15. The van der Waals surface area contributed by atoms with Crippen LogP contribution < -0.4 is 10.6 Å². The molecule has 4 nitrogen and oxygen atoms in total. The van der Waals surface area contributed by atoms with Crippen LogP contribution in [0.3, 0.4) is 0 Å². The number of halogens is 2. The second kappa shape index (κ2) is 8.45. The van der Waals surface area contributed by atoms with Gasteiger partial charge in [0.2, 0.25) is 0 Å². The topological polar surface area (TPSA) is 54.0 Å². The van der Waals surface area contributed by atoms with Crippen LogP contribution in [0.25, 0.3) is 0 Å². The second-order valence-corrected chi connectivity index (χ2v) is 6.14. The average Bonchev–Trinajstić information content (AvgIpc) is 2.64. The minimum absolute atomic E-state index is 0.191. The molecule has 0 fully saturated rings. The molecule has 0 saturated heterocycles. The average molecular weight is 370 g/mol. The highest BCUT2D eigenvalue weighted by molar-refractivity contribution is 6.30. The predicted octanol–water partition coefficient (Wildman–Crippen LogP) is 4.59. The maximum Gasteiger partial charge on any atom is 0.252 e. The lowest BCUT2D eigenvalue weighted by Crippen LogP contribution is -2.25. The van der Waals surface area contributed by atoms with Gasteiger partial charge in [-0.25, -0.2) is 9.37 Å². The van der Waals surface area contributed by atoms with Gasteiger partial charge in [0.1, 0.15) is 11.6 Å². The zero-order valence-electron chi connectivity index (χ0n) is 13.9. The van der Waals surface area contributed by atoms with Crippen molar-refractivity contribution in [3.63, 3.8) is 0 Å². The Morgan fingerprint density at radius 1 is 1.08 bits per heavy atom. The Hall–Kier alpha value is -2.92. The zero-order chi connectivity index (χ0) is 18.4. The van der Waals surface area contributed by atoms with Crippen molar-refractivity contribution in [3.8, 4) is 0 Å². The van der Waals surface area contributed by atoms with E-state index in [1.54, 1.807) is 24.3 Å². The summed E-state index contributed by atoms with van der Waals surface area (Å²) in [5.74, 6) is 0.0174. The summed E-state index contributed by atoms with van der Waals surface area (Å²) in [5, 5.41) is 6.53. The Morgan fingerprint density at radius 2 is 1.88 bits per heavy atom. The molecule has 0 spiro atoms. The molecule has 132 valence electrons. The molecule has 0 aliphatic rings. The number of carbonyl (C=O) groups excluding carboxylic acids is 1. The number of rotatable bonds is 6. The molecule has 3 aromatic rings. The summed E-state index contributed by atoms with van der Waals surface area (Å²) in [6.45, 7) is 0.518. The SMILES string of the molecule is O=C(NCCc1ccc(Cl)cc1)c1ccc(Nc2cccc(F)c2)nc1. The molecule has 2 aromatic carbocycles. The first-order chi connectivity index (χ1) is 12.6. The molecule has 0 bridgehead atoms. The van der Waals surface area contributed by atoms with E-state index >= 15 is 0 Å². The summed E-state index contributed by atoms with van der Waals surface area (Å²) in [7, 11) is 0. The maximum atomic E-state index is 13.2. The molecule has 6 heteroatoms. The molecule has 1 amide bonds. The molecule has 3 rings (SSSR count). The number of pyridine rings is 1. The Labute approximate surface area is 156 Å². The van der Waals surface area contributed by atoms with Crippen molar-refractivity contribution in [3.05, 3.63) is 88.8 Å². The lowest BCUT2D eigenvalue weighted by atomic mass is 10.1. The predicted molar refractivity (Wildman–Crippen MR) is 101 cm³/mol. The van der Waals surface area contributed by atoms with Gasteiger partial charge in [-0.15, -0.1) is 0 Å². The lowest BCUT2D eigenvalue weighted by Gasteiger charge is -2.08. The van der Waals surface area contributed by atoms with Crippen LogP contribution in [0, 0.1) is 5.82 Å². The van der Waals surface area contributed by atoms with Gasteiger partial charge in [-0.05, 0) is 54.4 Å². The number of nitrogens with one attached hydrogen (secondary N) is 2. The number of nitrogens with zero attached hydrogens (tertiary/aromatic N) is 1. The number of benzene rings is 2. The van der Waals surface area contributed by atoms with Gasteiger partial charge in [-0.3, -0.25) is 4.79 Å². The quantitative estimate of drug-likeness (QED) is 0.668. The summed E-state index contributed by atoms with van der Waals surface area (Å²) in [4.78, 5) is 16.4. The van der Waals surface area contributed by atoms with E-state index in [1.165, 1.54) is 18.3 Å². The number of carbonyl (C=O) groups is 1. The van der Waals surface area contributed by atoms with E-state index in [-0.39, 0.29) is 11.7 Å². The molecule has 0 radical (unpaired) electrons. The third-order valence-corrected chi connectivity index (χ3v) is 3.99. The van der Waals surface area contributed by atoms with Crippen molar-refractivity contribution in [2.24, 2.45) is 0 Å². The van der Waals surface area contributed by atoms with Crippen LogP contribution in [0.2, 0.25) is 5.02 Å². The first-order valence-corrected chi connectivity index (χ1v) is 8.49. The molecule has 0 saturated carbocycles. The Kier molecular flexibility index (Phi) is 5.81. The van der Waals surface area contributed by atoms with Crippen molar-refractivity contribution < 1.29 is 9.18 Å². The Balaban J connectivity index is 1.52. The molecule has 1 aromatic heterocycles. The van der Waals surface area contributed by atoms with E-state index in [0.717, 1.165) is 12.0 Å². The van der Waals surface area contributed by atoms with Crippen molar-refractivity contribution in [2.45, 2.75) is 6.42 Å². The Morgan fingerprint density at radius 3 is 2.58 bits per heavy atom. The molecular weight excluding hydrogens is 353 g/mol. The maximum absolute atomic E-state index is 13.2. The van der Waals surface area contributed by atoms with Crippen LogP contribution in [0.15, 0.2) is 66.9 Å². The van der Waals surface area contributed by atoms with Crippen molar-refractivity contribution >= 4 is 29.0 Å². The second-order valence-electron chi connectivity index (χ2n) is 5.70. The third-order valence-electron chi connectivity index (χ3n) is 3.74. The third kappa shape index (κ3) is 5.04. The van der Waals surface area contributed by atoms with Gasteiger partial charge in [0.15, 0.2) is 0 Å². The standard InChI is InChI=1S/C20H17ClFN3O/c21-16-7-4-14(5-8-16)10-11-23-20(26)15-6-9-19(24-13-15)25-18-3-1-2-17(22)12-18/h1-9,12-13H,10-11H2,(H,23,26)(H,24,25).